The zero-order valence-corrected chi connectivity index (χ0v) is 5.11. The first-order chi connectivity index (χ1) is 5.05. The molecule has 0 spiro atoms. The maximum atomic E-state index is 11.8. The average Bonchev–Trinajstić information content (AvgIpc) is 2.31. The molecule has 0 aliphatic heterocycles. The van der Waals surface area contributed by atoms with E-state index in [4.69, 9.17) is 0 Å². The number of halogens is 3. The fourth-order valence-electron chi connectivity index (χ4n) is 0.609. The van der Waals surface area contributed by atoms with Crippen molar-refractivity contribution in [3.05, 3.63) is 23.7 Å². The quantitative estimate of drug-likeness (QED) is 0.631. The molecule has 2 nitrogen and oxygen atoms in total. The average molecular weight is 163 g/mol. The van der Waals surface area contributed by atoms with Gasteiger partial charge in [0.05, 0.1) is 11.8 Å². The van der Waals surface area contributed by atoms with Crippen molar-refractivity contribution in [2.45, 2.75) is 6.18 Å². The van der Waals surface area contributed by atoms with E-state index in [1.165, 1.54) is 0 Å². The van der Waals surface area contributed by atoms with Crippen LogP contribution in [-0.2, 0) is 11.0 Å². The molecule has 0 atom stereocenters. The van der Waals surface area contributed by atoms with E-state index in [1.54, 1.807) is 0 Å². The molecule has 0 aliphatic rings. The van der Waals surface area contributed by atoms with Gasteiger partial charge in [0.1, 0.15) is 0 Å². The molecule has 0 amide bonds. The minimum atomic E-state index is -4.61. The van der Waals surface area contributed by atoms with Gasteiger partial charge in [-0.25, -0.2) is 0 Å². The molecule has 0 aromatic carbocycles. The highest BCUT2D eigenvalue weighted by atomic mass is 19.4. The number of rotatable bonds is 1. The molecule has 1 rings (SSSR count). The SMILES string of the molecule is O=[C]c1ccoc1C(F)(F)F. The first-order valence-corrected chi connectivity index (χ1v) is 2.58. The summed E-state index contributed by atoms with van der Waals surface area (Å²) in [5.74, 6) is -1.30. The summed E-state index contributed by atoms with van der Waals surface area (Å²) in [6.45, 7) is 0. The summed E-state index contributed by atoms with van der Waals surface area (Å²) in [6, 6.07) is 0.913. The van der Waals surface area contributed by atoms with Crippen LogP contribution in [-0.4, -0.2) is 6.29 Å². The maximum absolute atomic E-state index is 11.8. The van der Waals surface area contributed by atoms with Gasteiger partial charge in [0.25, 0.3) is 0 Å². The van der Waals surface area contributed by atoms with Crippen molar-refractivity contribution in [2.24, 2.45) is 0 Å². The second-order valence-corrected chi connectivity index (χ2v) is 1.76. The van der Waals surface area contributed by atoms with Gasteiger partial charge in [-0.1, -0.05) is 0 Å². The second-order valence-electron chi connectivity index (χ2n) is 1.76. The number of alkyl halides is 3. The predicted molar refractivity (Wildman–Crippen MR) is 28.5 cm³/mol. The highest BCUT2D eigenvalue weighted by Gasteiger charge is 2.37. The second kappa shape index (κ2) is 2.41. The summed E-state index contributed by atoms with van der Waals surface area (Å²) < 4.78 is 39.4. The monoisotopic (exact) mass is 163 g/mol. The van der Waals surface area contributed by atoms with Gasteiger partial charge in [-0.2, -0.15) is 13.2 Å². The summed E-state index contributed by atoms with van der Waals surface area (Å²) in [4.78, 5) is 9.85. The van der Waals surface area contributed by atoms with Crippen LogP contribution in [0.25, 0.3) is 0 Å². The Morgan fingerprint density at radius 3 is 2.45 bits per heavy atom. The molecular weight excluding hydrogens is 161 g/mol. The molecule has 1 aromatic heterocycles. The van der Waals surface area contributed by atoms with Crippen molar-refractivity contribution < 1.29 is 22.4 Å². The predicted octanol–water partition coefficient (Wildman–Crippen LogP) is 1.76. The lowest BCUT2D eigenvalue weighted by Gasteiger charge is -2.00. The molecule has 0 unspecified atom stereocenters. The fraction of sp³-hybridized carbons (Fsp3) is 0.167. The van der Waals surface area contributed by atoms with Gasteiger partial charge in [0.2, 0.25) is 12.0 Å². The van der Waals surface area contributed by atoms with Crippen LogP contribution in [0.1, 0.15) is 11.3 Å². The molecule has 0 bridgehead atoms. The molecule has 0 N–H and O–H groups in total. The van der Waals surface area contributed by atoms with Crippen LogP contribution in [0.15, 0.2) is 16.7 Å². The van der Waals surface area contributed by atoms with Gasteiger partial charge in [-0.3, -0.25) is 4.79 Å². The lowest BCUT2D eigenvalue weighted by atomic mass is 10.3. The first kappa shape index (κ1) is 7.84. The van der Waals surface area contributed by atoms with E-state index in [0.717, 1.165) is 18.6 Å². The summed E-state index contributed by atoms with van der Waals surface area (Å²) in [7, 11) is 0. The van der Waals surface area contributed by atoms with Crippen molar-refractivity contribution in [3.8, 4) is 0 Å². The largest absolute Gasteiger partial charge is 0.459 e. The van der Waals surface area contributed by atoms with E-state index < -0.39 is 17.5 Å². The van der Waals surface area contributed by atoms with E-state index in [1.807, 2.05) is 0 Å². The Morgan fingerprint density at radius 2 is 2.09 bits per heavy atom. The standard InChI is InChI=1S/C6H2F3O2/c7-6(8,9)5-4(3-10)1-2-11-5/h1-2H. The molecule has 11 heavy (non-hydrogen) atoms. The van der Waals surface area contributed by atoms with Crippen LogP contribution in [0.3, 0.4) is 0 Å². The maximum Gasteiger partial charge on any atom is 0.450 e. The molecule has 1 aromatic rings. The third kappa shape index (κ3) is 1.42. The summed E-state index contributed by atoms with van der Waals surface area (Å²) in [5.41, 5.74) is -0.600. The number of carbonyl (C=O) groups excluding carboxylic acids is 1. The third-order valence-electron chi connectivity index (χ3n) is 1.03. The van der Waals surface area contributed by atoms with Gasteiger partial charge in [0.15, 0.2) is 0 Å². The molecule has 0 fully saturated rings. The minimum absolute atomic E-state index is 0.600. The Balaban J connectivity index is 3.12. The summed E-state index contributed by atoms with van der Waals surface area (Å²) in [5, 5.41) is 0. The van der Waals surface area contributed by atoms with Gasteiger partial charge < -0.3 is 4.42 Å². The number of furan rings is 1. The van der Waals surface area contributed by atoms with Gasteiger partial charge in [-0.05, 0) is 6.07 Å². The summed E-state index contributed by atoms with van der Waals surface area (Å²) >= 11 is 0. The molecule has 0 saturated heterocycles. The molecule has 0 saturated carbocycles. The van der Waals surface area contributed by atoms with Crippen LogP contribution in [0.2, 0.25) is 0 Å². The van der Waals surface area contributed by atoms with Crippen LogP contribution in [0.4, 0.5) is 13.2 Å². The topological polar surface area (TPSA) is 30.2 Å². The van der Waals surface area contributed by atoms with E-state index in [-0.39, 0.29) is 0 Å². The smallest absolute Gasteiger partial charge is 0.450 e. The van der Waals surface area contributed by atoms with Crippen LogP contribution < -0.4 is 0 Å². The van der Waals surface area contributed by atoms with E-state index in [2.05, 4.69) is 4.42 Å². The Hall–Kier alpha value is -1.26. The summed E-state index contributed by atoms with van der Waals surface area (Å²) in [6.07, 6.45) is -2.70. The lowest BCUT2D eigenvalue weighted by molar-refractivity contribution is -0.153. The van der Waals surface area contributed by atoms with Crippen molar-refractivity contribution in [1.82, 2.24) is 0 Å². The first-order valence-electron chi connectivity index (χ1n) is 2.58. The Morgan fingerprint density at radius 1 is 1.45 bits per heavy atom. The Labute approximate surface area is 59.6 Å². The molecule has 0 aliphatic carbocycles. The van der Waals surface area contributed by atoms with Crippen LogP contribution >= 0.6 is 0 Å². The number of hydrogen-bond donors (Lipinski definition) is 0. The molecule has 59 valence electrons. The third-order valence-corrected chi connectivity index (χ3v) is 1.03. The van der Waals surface area contributed by atoms with Crippen LogP contribution in [0.5, 0.6) is 0 Å². The normalized spacial score (nSPS) is 11.5. The van der Waals surface area contributed by atoms with Crippen molar-refractivity contribution >= 4 is 6.29 Å². The highest BCUT2D eigenvalue weighted by molar-refractivity contribution is 5.76. The van der Waals surface area contributed by atoms with Gasteiger partial charge in [0, 0.05) is 0 Å². The Kier molecular flexibility index (Phi) is 1.72. The molecule has 1 radical (unpaired) electrons. The van der Waals surface area contributed by atoms with Gasteiger partial charge in [-0.15, -0.1) is 0 Å². The zero-order chi connectivity index (χ0) is 8.48. The fourth-order valence-corrected chi connectivity index (χ4v) is 0.609. The Bertz CT molecular complexity index is 261. The van der Waals surface area contributed by atoms with Crippen molar-refractivity contribution in [1.29, 1.82) is 0 Å². The van der Waals surface area contributed by atoms with E-state index >= 15 is 0 Å². The van der Waals surface area contributed by atoms with E-state index in [9.17, 15) is 18.0 Å². The molecule has 5 heteroatoms. The number of hydrogen-bond acceptors (Lipinski definition) is 2. The lowest BCUT2D eigenvalue weighted by Crippen LogP contribution is -2.05. The molecular formula is C6H2F3O2. The van der Waals surface area contributed by atoms with E-state index in [0.29, 0.717) is 0 Å². The molecule has 1 heterocycles. The van der Waals surface area contributed by atoms with Gasteiger partial charge >= 0.3 is 6.18 Å². The zero-order valence-electron chi connectivity index (χ0n) is 5.11. The van der Waals surface area contributed by atoms with Crippen molar-refractivity contribution in [3.63, 3.8) is 0 Å². The highest BCUT2D eigenvalue weighted by Crippen LogP contribution is 2.31. The van der Waals surface area contributed by atoms with Crippen LogP contribution in [0, 0.1) is 0 Å². The van der Waals surface area contributed by atoms with Crippen molar-refractivity contribution in [2.75, 3.05) is 0 Å². The minimum Gasteiger partial charge on any atom is -0.459 e.